The highest BCUT2D eigenvalue weighted by Gasteiger charge is 2.26. The second-order valence-electron chi connectivity index (χ2n) is 6.95. The minimum Gasteiger partial charge on any atom is -0.487 e. The molecule has 34 heavy (non-hydrogen) atoms. The Balaban J connectivity index is 1.58. The first-order valence-corrected chi connectivity index (χ1v) is 12.5. The van der Waals surface area contributed by atoms with Gasteiger partial charge in [-0.15, -0.1) is 0 Å². The number of carbonyl (C=O) groups is 1. The summed E-state index contributed by atoms with van der Waals surface area (Å²) in [4.78, 5) is 27.1. The minimum atomic E-state index is -0.656. The van der Waals surface area contributed by atoms with Gasteiger partial charge in [0.2, 0.25) is 5.90 Å². The highest BCUT2D eigenvalue weighted by molar-refractivity contribution is 14.1. The fraction of sp³-hybridized carbons (Fsp3) is 0.0435. The third-order valence-electron chi connectivity index (χ3n) is 4.66. The van der Waals surface area contributed by atoms with Gasteiger partial charge in [0.1, 0.15) is 17.4 Å². The number of rotatable bonds is 6. The lowest BCUT2D eigenvalue weighted by Crippen LogP contribution is -2.06. The summed E-state index contributed by atoms with van der Waals surface area (Å²) < 4.78 is 12.9. The summed E-state index contributed by atoms with van der Waals surface area (Å²) >= 11 is 16.4. The van der Waals surface area contributed by atoms with Crippen molar-refractivity contribution in [3.05, 3.63) is 104 Å². The van der Waals surface area contributed by atoms with E-state index in [0.717, 1.165) is 18.3 Å². The molecule has 1 aliphatic heterocycles. The number of esters is 1. The van der Waals surface area contributed by atoms with Crippen LogP contribution >= 0.6 is 68.4 Å². The van der Waals surface area contributed by atoms with Crippen molar-refractivity contribution < 1.29 is 19.2 Å². The van der Waals surface area contributed by atoms with Crippen molar-refractivity contribution in [2.45, 2.75) is 6.61 Å². The van der Waals surface area contributed by atoms with Crippen LogP contribution in [0.25, 0.3) is 6.08 Å². The van der Waals surface area contributed by atoms with Crippen molar-refractivity contribution in [1.82, 2.24) is 0 Å². The van der Waals surface area contributed by atoms with Crippen molar-refractivity contribution in [2.24, 2.45) is 4.99 Å². The Morgan fingerprint density at radius 1 is 1.06 bits per heavy atom. The van der Waals surface area contributed by atoms with Crippen LogP contribution in [0, 0.1) is 17.3 Å². The molecule has 1 heterocycles. The zero-order chi connectivity index (χ0) is 24.4. The van der Waals surface area contributed by atoms with Gasteiger partial charge in [-0.1, -0.05) is 41.4 Å². The van der Waals surface area contributed by atoms with E-state index in [1.807, 2.05) is 36.4 Å². The number of hydrogen-bond acceptors (Lipinski definition) is 6. The Kier molecular flexibility index (Phi) is 7.75. The quantitative estimate of drug-likeness (QED) is 0.0897. The van der Waals surface area contributed by atoms with Gasteiger partial charge in [0.15, 0.2) is 5.70 Å². The molecule has 0 amide bonds. The van der Waals surface area contributed by atoms with Gasteiger partial charge in [-0.05, 0) is 87.2 Å². The number of benzene rings is 3. The molecule has 0 saturated carbocycles. The van der Waals surface area contributed by atoms with Gasteiger partial charge in [0.25, 0.3) is 5.69 Å². The lowest BCUT2D eigenvalue weighted by Gasteiger charge is -2.12. The normalized spacial score (nSPS) is 14.2. The maximum absolute atomic E-state index is 12.4. The fourth-order valence-corrected chi connectivity index (χ4v) is 5.55. The van der Waals surface area contributed by atoms with Gasteiger partial charge in [0, 0.05) is 22.2 Å². The molecule has 3 aromatic carbocycles. The molecule has 0 bridgehead atoms. The zero-order valence-corrected chi connectivity index (χ0v) is 22.8. The van der Waals surface area contributed by atoms with Gasteiger partial charge in [-0.3, -0.25) is 10.1 Å². The van der Waals surface area contributed by atoms with Crippen LogP contribution in [0.2, 0.25) is 10.0 Å². The number of cyclic esters (lactones) is 1. The molecule has 0 unspecified atom stereocenters. The summed E-state index contributed by atoms with van der Waals surface area (Å²) in [5.74, 6) is 0.0201. The molecule has 172 valence electrons. The molecule has 0 N–H and O–H groups in total. The molecular weight excluding hydrogens is 709 g/mol. The van der Waals surface area contributed by atoms with Crippen LogP contribution < -0.4 is 4.74 Å². The largest absolute Gasteiger partial charge is 0.487 e. The van der Waals surface area contributed by atoms with E-state index in [0.29, 0.717) is 17.4 Å². The number of halogens is 4. The van der Waals surface area contributed by atoms with Crippen LogP contribution in [0.15, 0.2) is 65.3 Å². The van der Waals surface area contributed by atoms with Crippen LogP contribution in [0.3, 0.4) is 0 Å². The first-order chi connectivity index (χ1) is 16.2. The summed E-state index contributed by atoms with van der Waals surface area (Å²) in [6.07, 6.45) is 1.59. The monoisotopic (exact) mass is 720 g/mol. The van der Waals surface area contributed by atoms with Crippen LogP contribution in [0.1, 0.15) is 16.7 Å². The van der Waals surface area contributed by atoms with E-state index in [2.05, 4.69) is 50.2 Å². The first kappa shape index (κ1) is 24.9. The SMILES string of the molecule is O=C1OC(c2ccc(Cl)c([N+](=O)[O-])c2)=N/C1=C\c1cc(I)c(OCc2ccccc2Cl)c(I)c1. The summed E-state index contributed by atoms with van der Waals surface area (Å²) in [6, 6.07) is 15.2. The molecule has 4 rings (SSSR count). The predicted molar refractivity (Wildman–Crippen MR) is 146 cm³/mol. The second kappa shape index (κ2) is 10.6. The van der Waals surface area contributed by atoms with Crippen molar-refractivity contribution >= 4 is 92.0 Å². The maximum atomic E-state index is 12.4. The average molecular weight is 721 g/mol. The van der Waals surface area contributed by atoms with E-state index in [1.54, 1.807) is 6.08 Å². The van der Waals surface area contributed by atoms with E-state index >= 15 is 0 Å². The van der Waals surface area contributed by atoms with Crippen LogP contribution in [-0.4, -0.2) is 16.8 Å². The summed E-state index contributed by atoms with van der Waals surface area (Å²) in [7, 11) is 0. The number of nitro groups is 1. The van der Waals surface area contributed by atoms with Crippen LogP contribution in [0.4, 0.5) is 5.69 Å². The third-order valence-corrected chi connectivity index (χ3v) is 6.96. The smallest absolute Gasteiger partial charge is 0.363 e. The number of nitro benzene ring substituents is 1. The van der Waals surface area contributed by atoms with E-state index in [4.69, 9.17) is 32.7 Å². The topological polar surface area (TPSA) is 91.0 Å². The van der Waals surface area contributed by atoms with Crippen molar-refractivity contribution in [3.8, 4) is 5.75 Å². The standard InChI is InChI=1S/C23H12Cl2I2N2O5/c24-15-4-2-1-3-14(15)11-33-21-17(26)7-12(8-18(21)27)9-19-23(30)34-22(28-19)13-5-6-16(25)20(10-13)29(31)32/h1-10H,11H2/b19-9-. The number of nitrogens with zero attached hydrogens (tertiary/aromatic N) is 2. The van der Waals surface area contributed by atoms with E-state index in [9.17, 15) is 14.9 Å². The van der Waals surface area contributed by atoms with Gasteiger partial charge < -0.3 is 9.47 Å². The number of carbonyl (C=O) groups excluding carboxylic acids is 1. The minimum absolute atomic E-state index is 0.0181. The second-order valence-corrected chi connectivity index (χ2v) is 10.1. The molecule has 0 aromatic heterocycles. The van der Waals surface area contributed by atoms with Gasteiger partial charge in [-0.25, -0.2) is 9.79 Å². The van der Waals surface area contributed by atoms with E-state index < -0.39 is 10.9 Å². The Hall–Kier alpha value is -2.22. The molecule has 0 saturated heterocycles. The molecule has 0 fully saturated rings. The fourth-order valence-electron chi connectivity index (χ4n) is 3.04. The highest BCUT2D eigenvalue weighted by Crippen LogP contribution is 2.32. The molecule has 1 aliphatic rings. The number of ether oxygens (including phenoxy) is 2. The molecule has 11 heteroatoms. The average Bonchev–Trinajstić information content (AvgIpc) is 3.14. The van der Waals surface area contributed by atoms with Gasteiger partial charge >= 0.3 is 5.97 Å². The number of hydrogen-bond donors (Lipinski definition) is 0. The van der Waals surface area contributed by atoms with Gasteiger partial charge in [0.05, 0.1) is 12.1 Å². The summed E-state index contributed by atoms with van der Waals surface area (Å²) in [6.45, 7) is 0.319. The molecule has 0 spiro atoms. The molecule has 0 radical (unpaired) electrons. The van der Waals surface area contributed by atoms with E-state index in [-0.39, 0.29) is 27.9 Å². The molecular formula is C23H12Cl2I2N2O5. The Bertz CT molecular complexity index is 1370. The van der Waals surface area contributed by atoms with Crippen LogP contribution in [-0.2, 0) is 16.1 Å². The first-order valence-electron chi connectivity index (χ1n) is 9.55. The van der Waals surface area contributed by atoms with E-state index in [1.165, 1.54) is 18.2 Å². The van der Waals surface area contributed by atoms with Crippen LogP contribution in [0.5, 0.6) is 5.75 Å². The van der Waals surface area contributed by atoms with Gasteiger partial charge in [-0.2, -0.15) is 0 Å². The lowest BCUT2D eigenvalue weighted by atomic mass is 10.2. The molecule has 7 nitrogen and oxygen atoms in total. The number of aliphatic imine (C=N–C) groups is 1. The molecule has 0 aliphatic carbocycles. The Morgan fingerprint density at radius 3 is 2.44 bits per heavy atom. The molecule has 3 aromatic rings. The summed E-state index contributed by atoms with van der Waals surface area (Å²) in [5, 5.41) is 11.8. The van der Waals surface area contributed by atoms with Crippen molar-refractivity contribution in [3.63, 3.8) is 0 Å². The lowest BCUT2D eigenvalue weighted by molar-refractivity contribution is -0.384. The molecule has 0 atom stereocenters. The Labute approximate surface area is 231 Å². The highest BCUT2D eigenvalue weighted by atomic mass is 127. The zero-order valence-electron chi connectivity index (χ0n) is 16.9. The summed E-state index contributed by atoms with van der Waals surface area (Å²) in [5.41, 5.74) is 1.65. The maximum Gasteiger partial charge on any atom is 0.363 e. The third kappa shape index (κ3) is 5.53. The van der Waals surface area contributed by atoms with Crippen molar-refractivity contribution in [1.29, 1.82) is 0 Å². The predicted octanol–water partition coefficient (Wildman–Crippen LogP) is 7.03. The van der Waals surface area contributed by atoms with Crippen molar-refractivity contribution in [2.75, 3.05) is 0 Å². The Morgan fingerprint density at radius 2 is 1.76 bits per heavy atom.